The van der Waals surface area contributed by atoms with Gasteiger partial charge in [0.15, 0.2) is 0 Å². The summed E-state index contributed by atoms with van der Waals surface area (Å²) in [5.74, 6) is -3.22. The lowest BCUT2D eigenvalue weighted by atomic mass is 10.0. The molecule has 272 valence electrons. The van der Waals surface area contributed by atoms with Crippen molar-refractivity contribution >= 4 is 29.8 Å². The fraction of sp³-hybridized carbons (Fsp3) is 0.293. The molecule has 52 heavy (non-hydrogen) atoms. The molecule has 5 N–H and O–H groups in total. The van der Waals surface area contributed by atoms with E-state index in [1.165, 1.54) is 0 Å². The molecule has 4 aromatic carbocycles. The number of carboxylic acids is 1. The predicted molar refractivity (Wildman–Crippen MR) is 197 cm³/mol. The Bertz CT molecular complexity index is 1760. The van der Waals surface area contributed by atoms with Gasteiger partial charge in [0.1, 0.15) is 29.8 Å². The van der Waals surface area contributed by atoms with Gasteiger partial charge in [0.25, 0.3) is 0 Å². The third-order valence-electron chi connectivity index (χ3n) is 8.02. The molecule has 0 aliphatic carbocycles. The Hall–Kier alpha value is -5.97. The number of benzene rings is 4. The standard InChI is InChI=1S/C41H46N4O7/c1-41(2,3)52-40(51)45-34(26-30-20-12-6-13-21-30)38(48)43-32(24-28-16-8-4-9-17-28)36(46)42-33(25-29-18-10-5-11-19-29)37(47)44-35(39(49)50)27-31-22-14-7-15-23-31/h4-23,32-35H,24-27H2,1-3H3,(H,42,46)(H,43,48)(H,44,47)(H,45,51)(H,49,50)/t32-,33-,34-,35-/m0/s1. The zero-order valence-electron chi connectivity index (χ0n) is 29.6. The largest absolute Gasteiger partial charge is 0.480 e. The first kappa shape index (κ1) is 38.8. The third-order valence-corrected chi connectivity index (χ3v) is 8.02. The Morgan fingerprint density at radius 1 is 0.481 bits per heavy atom. The van der Waals surface area contributed by atoms with Crippen molar-refractivity contribution in [1.82, 2.24) is 21.3 Å². The molecule has 11 nitrogen and oxygen atoms in total. The van der Waals surface area contributed by atoms with Gasteiger partial charge >= 0.3 is 12.1 Å². The fourth-order valence-corrected chi connectivity index (χ4v) is 5.49. The van der Waals surface area contributed by atoms with E-state index in [-0.39, 0.29) is 25.7 Å². The van der Waals surface area contributed by atoms with Crippen LogP contribution in [0, 0.1) is 0 Å². The molecular formula is C41H46N4O7. The number of carboxylic acid groups (broad SMARTS) is 1. The average Bonchev–Trinajstić information content (AvgIpc) is 3.11. The van der Waals surface area contributed by atoms with Gasteiger partial charge in [0.2, 0.25) is 17.7 Å². The number of hydrogen-bond donors (Lipinski definition) is 5. The minimum absolute atomic E-state index is 0.0358. The minimum Gasteiger partial charge on any atom is -0.480 e. The molecule has 0 bridgehead atoms. The Labute approximate surface area is 304 Å². The summed E-state index contributed by atoms with van der Waals surface area (Å²) in [5, 5.41) is 20.8. The van der Waals surface area contributed by atoms with E-state index >= 15 is 0 Å². The monoisotopic (exact) mass is 706 g/mol. The third kappa shape index (κ3) is 13.1. The number of nitrogens with one attached hydrogen (secondary N) is 4. The highest BCUT2D eigenvalue weighted by Gasteiger charge is 2.32. The fourth-order valence-electron chi connectivity index (χ4n) is 5.49. The van der Waals surface area contributed by atoms with Crippen LogP contribution in [0.25, 0.3) is 0 Å². The van der Waals surface area contributed by atoms with Crippen LogP contribution in [0.5, 0.6) is 0 Å². The van der Waals surface area contributed by atoms with E-state index in [9.17, 15) is 29.1 Å². The number of alkyl carbamates (subject to hydrolysis) is 1. The molecule has 0 fully saturated rings. The zero-order chi connectivity index (χ0) is 37.5. The van der Waals surface area contributed by atoms with E-state index in [2.05, 4.69) is 21.3 Å². The second-order valence-corrected chi connectivity index (χ2v) is 13.5. The molecule has 0 saturated carbocycles. The van der Waals surface area contributed by atoms with Crippen molar-refractivity contribution in [2.45, 2.75) is 76.2 Å². The van der Waals surface area contributed by atoms with Gasteiger partial charge in [-0.05, 0) is 43.0 Å². The lowest BCUT2D eigenvalue weighted by Crippen LogP contribution is -2.59. The molecular weight excluding hydrogens is 660 g/mol. The minimum atomic E-state index is -1.26. The predicted octanol–water partition coefficient (Wildman–Crippen LogP) is 4.39. The van der Waals surface area contributed by atoms with E-state index in [0.717, 1.165) is 22.3 Å². The zero-order valence-corrected chi connectivity index (χ0v) is 29.6. The average molecular weight is 707 g/mol. The molecule has 0 aliphatic rings. The maximum Gasteiger partial charge on any atom is 0.408 e. The highest BCUT2D eigenvalue weighted by molar-refractivity contribution is 5.95. The van der Waals surface area contributed by atoms with Crippen LogP contribution in [0.4, 0.5) is 4.79 Å². The van der Waals surface area contributed by atoms with Gasteiger partial charge in [-0.1, -0.05) is 121 Å². The van der Waals surface area contributed by atoms with Gasteiger partial charge in [-0.15, -0.1) is 0 Å². The molecule has 0 aromatic heterocycles. The van der Waals surface area contributed by atoms with Crippen molar-refractivity contribution in [1.29, 1.82) is 0 Å². The Morgan fingerprint density at radius 2 is 0.750 bits per heavy atom. The molecule has 4 rings (SSSR count). The highest BCUT2D eigenvalue weighted by Crippen LogP contribution is 2.12. The maximum absolute atomic E-state index is 14.2. The number of carbonyl (C=O) groups is 5. The number of amides is 4. The molecule has 0 aliphatic heterocycles. The molecule has 0 spiro atoms. The quantitative estimate of drug-likeness (QED) is 0.115. The summed E-state index contributed by atoms with van der Waals surface area (Å²) in [4.78, 5) is 67.0. The summed E-state index contributed by atoms with van der Waals surface area (Å²) in [6.07, 6.45) is -0.528. The first-order valence-corrected chi connectivity index (χ1v) is 17.2. The molecule has 0 unspecified atom stereocenters. The summed E-state index contributed by atoms with van der Waals surface area (Å²) in [6.45, 7) is 5.13. The molecule has 4 aromatic rings. The van der Waals surface area contributed by atoms with Crippen LogP contribution in [0.15, 0.2) is 121 Å². The Balaban J connectivity index is 1.60. The summed E-state index contributed by atoms with van der Waals surface area (Å²) in [7, 11) is 0. The van der Waals surface area contributed by atoms with Gasteiger partial charge < -0.3 is 31.1 Å². The maximum atomic E-state index is 14.2. The van der Waals surface area contributed by atoms with Crippen molar-refractivity contribution in [3.05, 3.63) is 144 Å². The van der Waals surface area contributed by atoms with E-state index in [1.807, 2.05) is 60.7 Å². The number of aliphatic carboxylic acids is 1. The Kier molecular flexibility index (Phi) is 14.1. The van der Waals surface area contributed by atoms with Crippen LogP contribution in [-0.4, -0.2) is 64.7 Å². The lowest BCUT2D eigenvalue weighted by Gasteiger charge is -2.27. The molecule has 4 amide bonds. The summed E-state index contributed by atoms with van der Waals surface area (Å²) >= 11 is 0. The second-order valence-electron chi connectivity index (χ2n) is 13.5. The molecule has 11 heteroatoms. The first-order chi connectivity index (χ1) is 24.9. The number of ether oxygens (including phenoxy) is 1. The van der Waals surface area contributed by atoms with Gasteiger partial charge in [0.05, 0.1) is 0 Å². The van der Waals surface area contributed by atoms with Crippen molar-refractivity contribution in [2.75, 3.05) is 0 Å². The summed E-state index contributed by atoms with van der Waals surface area (Å²) in [6, 6.07) is 31.3. The van der Waals surface area contributed by atoms with Crippen molar-refractivity contribution in [3.8, 4) is 0 Å². The smallest absolute Gasteiger partial charge is 0.408 e. The summed E-state index contributed by atoms with van der Waals surface area (Å²) < 4.78 is 5.43. The molecule has 4 atom stereocenters. The molecule has 0 saturated heterocycles. The van der Waals surface area contributed by atoms with Crippen LogP contribution in [0.3, 0.4) is 0 Å². The SMILES string of the molecule is CC(C)(C)OC(=O)N[C@@H](Cc1ccccc1)C(=O)N[C@@H](Cc1ccccc1)C(=O)N[C@@H](Cc1ccccc1)C(=O)N[C@@H](Cc1ccccc1)C(=O)O. The summed E-state index contributed by atoms with van der Waals surface area (Å²) in [5.41, 5.74) is 2.13. The van der Waals surface area contributed by atoms with E-state index in [4.69, 9.17) is 4.74 Å². The first-order valence-electron chi connectivity index (χ1n) is 17.2. The number of carbonyl (C=O) groups excluding carboxylic acids is 4. The normalized spacial score (nSPS) is 13.4. The van der Waals surface area contributed by atoms with Crippen LogP contribution in [0.2, 0.25) is 0 Å². The lowest BCUT2D eigenvalue weighted by molar-refractivity contribution is -0.142. The van der Waals surface area contributed by atoms with E-state index in [0.29, 0.717) is 0 Å². The number of hydrogen-bond acceptors (Lipinski definition) is 6. The van der Waals surface area contributed by atoms with E-state index < -0.39 is 59.6 Å². The molecule has 0 radical (unpaired) electrons. The highest BCUT2D eigenvalue weighted by atomic mass is 16.6. The topological polar surface area (TPSA) is 163 Å². The van der Waals surface area contributed by atoms with Crippen molar-refractivity contribution < 1.29 is 33.8 Å². The van der Waals surface area contributed by atoms with Crippen LogP contribution in [0.1, 0.15) is 43.0 Å². The second kappa shape index (κ2) is 18.9. The molecule has 0 heterocycles. The van der Waals surface area contributed by atoms with Crippen molar-refractivity contribution in [3.63, 3.8) is 0 Å². The van der Waals surface area contributed by atoms with Crippen LogP contribution in [-0.2, 0) is 49.6 Å². The van der Waals surface area contributed by atoms with E-state index in [1.54, 1.807) is 81.4 Å². The number of rotatable bonds is 16. The van der Waals surface area contributed by atoms with Gasteiger partial charge in [-0.2, -0.15) is 0 Å². The van der Waals surface area contributed by atoms with Crippen LogP contribution >= 0.6 is 0 Å². The Morgan fingerprint density at radius 3 is 1.04 bits per heavy atom. The van der Waals surface area contributed by atoms with Gasteiger partial charge in [-0.3, -0.25) is 14.4 Å². The van der Waals surface area contributed by atoms with Gasteiger partial charge in [-0.25, -0.2) is 9.59 Å². The van der Waals surface area contributed by atoms with Gasteiger partial charge in [0, 0.05) is 25.7 Å². The van der Waals surface area contributed by atoms with Crippen LogP contribution < -0.4 is 21.3 Å². The van der Waals surface area contributed by atoms with Crippen molar-refractivity contribution in [2.24, 2.45) is 0 Å².